The van der Waals surface area contributed by atoms with Crippen LogP contribution in [0.5, 0.6) is 11.5 Å². The van der Waals surface area contributed by atoms with Crippen molar-refractivity contribution in [3.63, 3.8) is 0 Å². The largest absolute Gasteiger partial charge is 0.496 e. The molecule has 8 nitrogen and oxygen atoms in total. The first-order chi connectivity index (χ1) is 14.5. The summed E-state index contributed by atoms with van der Waals surface area (Å²) in [6.07, 6.45) is 1.76. The molecule has 0 atom stereocenters. The number of nitrogens with zero attached hydrogens (tertiary/aromatic N) is 3. The molecule has 8 heteroatoms. The smallest absolute Gasteiger partial charge is 0.273 e. The van der Waals surface area contributed by atoms with E-state index in [2.05, 4.69) is 10.5 Å². The van der Waals surface area contributed by atoms with Crippen LogP contribution < -0.4 is 14.9 Å². The van der Waals surface area contributed by atoms with Gasteiger partial charge in [0.2, 0.25) is 0 Å². The molecule has 0 amide bonds. The fourth-order valence-corrected chi connectivity index (χ4v) is 3.35. The number of nitro benzene ring substituents is 1. The highest BCUT2D eigenvalue weighted by atomic mass is 16.6. The minimum absolute atomic E-state index is 0.0135. The molecule has 0 bridgehead atoms. The average Bonchev–Trinajstić information content (AvgIpc) is 3.03. The van der Waals surface area contributed by atoms with E-state index in [1.807, 2.05) is 48.7 Å². The van der Waals surface area contributed by atoms with Crippen molar-refractivity contribution in [2.24, 2.45) is 5.10 Å². The van der Waals surface area contributed by atoms with E-state index in [0.29, 0.717) is 12.3 Å². The predicted octanol–water partition coefficient (Wildman–Crippen LogP) is 4.14. The second-order valence-electron chi connectivity index (χ2n) is 6.68. The summed E-state index contributed by atoms with van der Waals surface area (Å²) in [5.41, 5.74) is 7.62. The summed E-state index contributed by atoms with van der Waals surface area (Å²) in [6.45, 7) is 4.47. The van der Waals surface area contributed by atoms with Gasteiger partial charge in [0.05, 0.1) is 43.7 Å². The topological polar surface area (TPSA) is 90.9 Å². The number of nitrogens with one attached hydrogen (secondary N) is 1. The van der Waals surface area contributed by atoms with Crippen LogP contribution in [-0.2, 0) is 6.54 Å². The van der Waals surface area contributed by atoms with Gasteiger partial charge < -0.3 is 19.5 Å². The van der Waals surface area contributed by atoms with Crippen molar-refractivity contribution in [3.05, 3.63) is 81.2 Å². The van der Waals surface area contributed by atoms with Crippen molar-refractivity contribution in [2.45, 2.75) is 20.4 Å². The van der Waals surface area contributed by atoms with Crippen LogP contribution in [0.1, 0.15) is 22.5 Å². The summed E-state index contributed by atoms with van der Waals surface area (Å²) >= 11 is 0. The van der Waals surface area contributed by atoms with Crippen LogP contribution in [0.4, 0.5) is 5.69 Å². The molecule has 156 valence electrons. The fraction of sp³-hybridized carbons (Fsp3) is 0.227. The highest BCUT2D eigenvalue weighted by molar-refractivity contribution is 5.82. The Morgan fingerprint density at radius 2 is 1.83 bits per heavy atom. The Balaban J connectivity index is 1.82. The van der Waals surface area contributed by atoms with Crippen LogP contribution in [0.15, 0.2) is 53.6 Å². The van der Waals surface area contributed by atoms with Gasteiger partial charge >= 0.3 is 0 Å². The predicted molar refractivity (Wildman–Crippen MR) is 116 cm³/mol. The van der Waals surface area contributed by atoms with Crippen molar-refractivity contribution in [3.8, 4) is 17.2 Å². The molecular weight excluding hydrogens is 384 g/mol. The minimum atomic E-state index is -0.437. The molecule has 1 heterocycles. The molecule has 3 aromatic rings. The molecule has 0 unspecified atom stereocenters. The molecular formula is C22H24N4O4. The third-order valence-electron chi connectivity index (χ3n) is 4.84. The van der Waals surface area contributed by atoms with Gasteiger partial charge in [-0.3, -0.25) is 10.1 Å². The Morgan fingerprint density at radius 3 is 2.53 bits per heavy atom. The SMILES string of the molecule is COc1ccccc1CN/N=C\c1cc(C)n(-c2ccc([N+](=O)[O-])cc2OC)c1C. The molecule has 0 fully saturated rings. The first-order valence-corrected chi connectivity index (χ1v) is 9.35. The maximum atomic E-state index is 11.1. The number of methoxy groups -OCH3 is 2. The lowest BCUT2D eigenvalue weighted by molar-refractivity contribution is -0.384. The standard InChI is InChI=1S/C22H24N4O4/c1-15-11-18(14-24-23-13-17-7-5-6-8-21(17)29-3)16(2)25(15)20-10-9-19(26(27)28)12-22(20)30-4/h5-12,14,23H,13H2,1-4H3/b24-14-. The van der Waals surface area contributed by atoms with Gasteiger partial charge in [0, 0.05) is 28.6 Å². The summed E-state index contributed by atoms with van der Waals surface area (Å²) in [5.74, 6) is 1.24. The summed E-state index contributed by atoms with van der Waals surface area (Å²) in [4.78, 5) is 10.6. The van der Waals surface area contributed by atoms with Gasteiger partial charge in [-0.1, -0.05) is 18.2 Å². The van der Waals surface area contributed by atoms with E-state index in [4.69, 9.17) is 9.47 Å². The van der Waals surface area contributed by atoms with E-state index in [9.17, 15) is 10.1 Å². The Bertz CT molecular complexity index is 1090. The number of hydrogen-bond donors (Lipinski definition) is 1. The molecule has 1 N–H and O–H groups in total. The number of nitro groups is 1. The lowest BCUT2D eigenvalue weighted by Crippen LogP contribution is -2.07. The van der Waals surface area contributed by atoms with Crippen LogP contribution in [0.3, 0.4) is 0 Å². The second-order valence-corrected chi connectivity index (χ2v) is 6.68. The maximum absolute atomic E-state index is 11.1. The monoisotopic (exact) mass is 408 g/mol. The normalized spacial score (nSPS) is 10.9. The van der Waals surface area contributed by atoms with Gasteiger partial charge in [-0.05, 0) is 32.0 Å². The lowest BCUT2D eigenvalue weighted by Gasteiger charge is -2.13. The Kier molecular flexibility index (Phi) is 6.36. The Labute approximate surface area is 174 Å². The molecule has 1 aromatic heterocycles. The van der Waals surface area contributed by atoms with Gasteiger partial charge in [0.15, 0.2) is 0 Å². The van der Waals surface area contributed by atoms with Crippen molar-refractivity contribution in [1.29, 1.82) is 0 Å². The van der Waals surface area contributed by atoms with Gasteiger partial charge in [-0.25, -0.2) is 0 Å². The zero-order chi connectivity index (χ0) is 21.7. The van der Waals surface area contributed by atoms with Gasteiger partial charge in [0.1, 0.15) is 11.5 Å². The second kappa shape index (κ2) is 9.13. The lowest BCUT2D eigenvalue weighted by atomic mass is 10.2. The molecule has 0 saturated heterocycles. The van der Waals surface area contributed by atoms with Crippen molar-refractivity contribution in [2.75, 3.05) is 14.2 Å². The molecule has 0 aliphatic heterocycles. The van der Waals surface area contributed by atoms with Gasteiger partial charge in [-0.2, -0.15) is 5.10 Å². The minimum Gasteiger partial charge on any atom is -0.496 e. The summed E-state index contributed by atoms with van der Waals surface area (Å²) in [5, 5.41) is 15.4. The molecule has 3 rings (SSSR count). The van der Waals surface area contributed by atoms with Crippen LogP contribution in [0.25, 0.3) is 5.69 Å². The third kappa shape index (κ3) is 4.27. The number of hydrazone groups is 1. The Hall–Kier alpha value is -3.81. The number of ether oxygens (including phenoxy) is 2. The summed E-state index contributed by atoms with van der Waals surface area (Å²) in [6, 6.07) is 14.4. The Morgan fingerprint density at radius 1 is 1.10 bits per heavy atom. The van der Waals surface area contributed by atoms with Gasteiger partial charge in [0.25, 0.3) is 5.69 Å². The number of non-ortho nitro benzene ring substituents is 1. The molecule has 0 radical (unpaired) electrons. The average molecular weight is 408 g/mol. The van der Waals surface area contributed by atoms with Crippen LogP contribution in [-0.4, -0.2) is 29.9 Å². The zero-order valence-electron chi connectivity index (χ0n) is 17.4. The molecule has 0 aliphatic carbocycles. The molecule has 30 heavy (non-hydrogen) atoms. The van der Waals surface area contributed by atoms with E-state index in [-0.39, 0.29) is 5.69 Å². The van der Waals surface area contributed by atoms with Gasteiger partial charge in [-0.15, -0.1) is 0 Å². The fourth-order valence-electron chi connectivity index (χ4n) is 3.35. The van der Waals surface area contributed by atoms with E-state index in [1.165, 1.54) is 19.2 Å². The van der Waals surface area contributed by atoms with Crippen LogP contribution >= 0.6 is 0 Å². The van der Waals surface area contributed by atoms with E-state index >= 15 is 0 Å². The molecule has 2 aromatic carbocycles. The number of aryl methyl sites for hydroxylation is 1. The molecule has 0 saturated carbocycles. The quantitative estimate of drug-likeness (QED) is 0.344. The third-order valence-corrected chi connectivity index (χ3v) is 4.84. The number of hydrogen-bond acceptors (Lipinski definition) is 6. The van der Waals surface area contributed by atoms with Crippen molar-refractivity contribution < 1.29 is 14.4 Å². The van der Waals surface area contributed by atoms with E-state index < -0.39 is 4.92 Å². The maximum Gasteiger partial charge on any atom is 0.273 e. The summed E-state index contributed by atoms with van der Waals surface area (Å²) in [7, 11) is 3.14. The van der Waals surface area contributed by atoms with Crippen molar-refractivity contribution >= 4 is 11.9 Å². The molecule has 0 aliphatic rings. The number of benzene rings is 2. The number of rotatable bonds is 8. The highest BCUT2D eigenvalue weighted by Gasteiger charge is 2.16. The number of aromatic nitrogens is 1. The highest BCUT2D eigenvalue weighted by Crippen LogP contribution is 2.31. The number of para-hydroxylation sites is 1. The van der Waals surface area contributed by atoms with Crippen molar-refractivity contribution in [1.82, 2.24) is 9.99 Å². The van der Waals surface area contributed by atoms with Crippen LogP contribution in [0.2, 0.25) is 0 Å². The van der Waals surface area contributed by atoms with E-state index in [0.717, 1.165) is 34.0 Å². The summed E-state index contributed by atoms with van der Waals surface area (Å²) < 4.78 is 12.7. The first kappa shape index (κ1) is 20.9. The first-order valence-electron chi connectivity index (χ1n) is 9.35. The van der Waals surface area contributed by atoms with E-state index in [1.54, 1.807) is 19.4 Å². The zero-order valence-corrected chi connectivity index (χ0v) is 17.4. The van der Waals surface area contributed by atoms with Crippen LogP contribution in [0, 0.1) is 24.0 Å². The molecule has 0 spiro atoms.